The van der Waals surface area contributed by atoms with Gasteiger partial charge in [-0.2, -0.15) is 26.3 Å². The molecule has 38 heavy (non-hydrogen) atoms. The summed E-state index contributed by atoms with van der Waals surface area (Å²) in [6, 6.07) is 17.0. The lowest BCUT2D eigenvalue weighted by Crippen LogP contribution is -2.11. The molecule has 0 aliphatic carbocycles. The van der Waals surface area contributed by atoms with Gasteiger partial charge in [-0.15, -0.1) is 0 Å². The van der Waals surface area contributed by atoms with Crippen LogP contribution in [0.25, 0.3) is 44.1 Å². The number of aromatic nitrogens is 2. The van der Waals surface area contributed by atoms with Crippen LogP contribution in [-0.4, -0.2) is 24.2 Å². The van der Waals surface area contributed by atoms with Crippen molar-refractivity contribution in [3.63, 3.8) is 0 Å². The van der Waals surface area contributed by atoms with Gasteiger partial charge in [0.2, 0.25) is 0 Å². The fourth-order valence-corrected chi connectivity index (χ4v) is 4.26. The van der Waals surface area contributed by atoms with E-state index in [4.69, 9.17) is 9.47 Å². The van der Waals surface area contributed by atoms with Crippen molar-refractivity contribution in [2.75, 3.05) is 14.2 Å². The van der Waals surface area contributed by atoms with Crippen molar-refractivity contribution < 1.29 is 35.8 Å². The lowest BCUT2D eigenvalue weighted by molar-refractivity contribution is -0.141. The van der Waals surface area contributed by atoms with E-state index in [9.17, 15) is 26.3 Å². The van der Waals surface area contributed by atoms with Gasteiger partial charge in [0.1, 0.15) is 11.5 Å². The van der Waals surface area contributed by atoms with Crippen LogP contribution in [0.4, 0.5) is 26.3 Å². The van der Waals surface area contributed by atoms with Crippen LogP contribution in [0.5, 0.6) is 11.5 Å². The van der Waals surface area contributed by atoms with E-state index in [1.54, 1.807) is 0 Å². The molecular weight excluding hydrogens is 510 g/mol. The van der Waals surface area contributed by atoms with Crippen molar-refractivity contribution >= 4 is 21.8 Å². The Morgan fingerprint density at radius 1 is 0.526 bits per heavy atom. The summed E-state index contributed by atoms with van der Waals surface area (Å²) < 4.78 is 94.2. The third-order valence-corrected chi connectivity index (χ3v) is 6.09. The first-order chi connectivity index (χ1) is 18.0. The lowest BCUT2D eigenvalue weighted by atomic mass is 9.98. The normalized spacial score (nSPS) is 12.2. The monoisotopic (exact) mass is 528 g/mol. The molecule has 5 aromatic rings. The number of fused-ring (bicyclic) bond motifs is 2. The smallest absolute Gasteiger partial charge is 0.433 e. The van der Waals surface area contributed by atoms with E-state index in [1.165, 1.54) is 87.0 Å². The molecule has 0 aliphatic heterocycles. The molecule has 0 fully saturated rings. The molecule has 4 nitrogen and oxygen atoms in total. The summed E-state index contributed by atoms with van der Waals surface area (Å²) in [4.78, 5) is 7.78. The van der Waals surface area contributed by atoms with Gasteiger partial charge in [0, 0.05) is 21.9 Å². The number of hydrogen-bond donors (Lipinski definition) is 0. The van der Waals surface area contributed by atoms with Crippen LogP contribution in [0.3, 0.4) is 0 Å². The van der Waals surface area contributed by atoms with Crippen LogP contribution in [0.2, 0.25) is 0 Å². The highest BCUT2D eigenvalue weighted by Crippen LogP contribution is 2.41. The summed E-state index contributed by atoms with van der Waals surface area (Å²) in [7, 11) is 2.86. The van der Waals surface area contributed by atoms with Gasteiger partial charge in [-0.3, -0.25) is 0 Å². The number of hydrogen-bond acceptors (Lipinski definition) is 4. The Labute approximate surface area is 212 Å². The average Bonchev–Trinajstić information content (AvgIpc) is 2.89. The molecule has 2 aromatic heterocycles. The summed E-state index contributed by atoms with van der Waals surface area (Å²) in [5, 5.41) is 0.434. The number of nitrogens with zero attached hydrogens (tertiary/aromatic N) is 2. The Hall–Kier alpha value is -4.34. The third kappa shape index (κ3) is 4.69. The molecule has 0 N–H and O–H groups in total. The van der Waals surface area contributed by atoms with Crippen LogP contribution in [0, 0.1) is 0 Å². The molecule has 0 aliphatic rings. The molecule has 0 radical (unpaired) electrons. The zero-order chi connectivity index (χ0) is 27.2. The van der Waals surface area contributed by atoms with Crippen molar-refractivity contribution in [3.05, 3.63) is 84.2 Å². The van der Waals surface area contributed by atoms with Gasteiger partial charge in [-0.05, 0) is 59.7 Å². The number of pyridine rings is 2. The van der Waals surface area contributed by atoms with Crippen LogP contribution in [0.1, 0.15) is 11.4 Å². The summed E-state index contributed by atoms with van der Waals surface area (Å²) in [5.41, 5.74) is -2.23. The maximum absolute atomic E-state index is 14.0. The van der Waals surface area contributed by atoms with Crippen LogP contribution in [0.15, 0.2) is 72.8 Å². The Morgan fingerprint density at radius 2 is 0.868 bits per heavy atom. The number of methoxy groups -OCH3 is 2. The Bertz CT molecular complexity index is 1520. The van der Waals surface area contributed by atoms with E-state index in [0.29, 0.717) is 11.5 Å². The van der Waals surface area contributed by atoms with Crippen LogP contribution < -0.4 is 9.47 Å². The van der Waals surface area contributed by atoms with E-state index in [-0.39, 0.29) is 44.1 Å². The molecule has 3 aromatic carbocycles. The van der Waals surface area contributed by atoms with Gasteiger partial charge in [-0.1, -0.05) is 24.3 Å². The second kappa shape index (κ2) is 9.20. The standard InChI is InChI=1S/C28H18F6N2O2/c1-37-19-7-3-15(4-8-19)21-11-17-13-24-18(14-23(17)35-25(21)27(29,30)31)12-22(26(36-24)28(32,33)34)16-5-9-20(38-2)10-6-16/h3-14H,1-2H3. The third-order valence-electron chi connectivity index (χ3n) is 6.09. The quantitative estimate of drug-likeness (QED) is 0.174. The predicted octanol–water partition coefficient (Wildman–Crippen LogP) is 8.17. The number of halogens is 6. The predicted molar refractivity (Wildman–Crippen MR) is 131 cm³/mol. The molecule has 0 atom stereocenters. The minimum atomic E-state index is -4.77. The second-order valence-corrected chi connectivity index (χ2v) is 8.46. The highest BCUT2D eigenvalue weighted by molar-refractivity contribution is 5.98. The maximum atomic E-state index is 14.0. The topological polar surface area (TPSA) is 44.2 Å². The van der Waals surface area contributed by atoms with E-state index < -0.39 is 23.7 Å². The van der Waals surface area contributed by atoms with Crippen molar-refractivity contribution in [3.8, 4) is 33.8 Å². The average molecular weight is 528 g/mol. The number of alkyl halides is 6. The second-order valence-electron chi connectivity index (χ2n) is 8.46. The molecule has 2 heterocycles. The SMILES string of the molecule is COc1ccc(-c2cc3cc4nc(C(F)(F)F)c(-c5ccc(OC)cc5)cc4cc3nc2C(F)(F)F)cc1. The van der Waals surface area contributed by atoms with Gasteiger partial charge < -0.3 is 9.47 Å². The van der Waals surface area contributed by atoms with Gasteiger partial charge in [0.15, 0.2) is 11.4 Å². The summed E-state index contributed by atoms with van der Waals surface area (Å²) >= 11 is 0. The van der Waals surface area contributed by atoms with Gasteiger partial charge in [-0.25, -0.2) is 9.97 Å². The summed E-state index contributed by atoms with van der Waals surface area (Å²) in [6.07, 6.45) is -9.55. The molecule has 0 unspecified atom stereocenters. The van der Waals surface area contributed by atoms with Gasteiger partial charge >= 0.3 is 12.4 Å². The fourth-order valence-electron chi connectivity index (χ4n) is 4.26. The minimum absolute atomic E-state index is 0.0238. The highest BCUT2D eigenvalue weighted by Gasteiger charge is 2.37. The van der Waals surface area contributed by atoms with Crippen molar-refractivity contribution in [2.45, 2.75) is 12.4 Å². The molecule has 0 spiro atoms. The fraction of sp³-hybridized carbons (Fsp3) is 0.143. The van der Waals surface area contributed by atoms with E-state index in [2.05, 4.69) is 9.97 Å². The summed E-state index contributed by atoms with van der Waals surface area (Å²) in [5.74, 6) is 0.914. The Balaban J connectivity index is 1.75. The zero-order valence-electron chi connectivity index (χ0n) is 19.9. The Morgan fingerprint density at radius 3 is 1.16 bits per heavy atom. The van der Waals surface area contributed by atoms with Gasteiger partial charge in [0.05, 0.1) is 25.3 Å². The molecule has 0 saturated carbocycles. The molecular formula is C28H18F6N2O2. The van der Waals surface area contributed by atoms with Crippen molar-refractivity contribution in [2.24, 2.45) is 0 Å². The summed E-state index contributed by atoms with van der Waals surface area (Å²) in [6.45, 7) is 0. The number of rotatable bonds is 4. The van der Waals surface area contributed by atoms with Gasteiger partial charge in [0.25, 0.3) is 0 Å². The maximum Gasteiger partial charge on any atom is 0.433 e. The van der Waals surface area contributed by atoms with Crippen LogP contribution in [-0.2, 0) is 12.4 Å². The number of ether oxygens (including phenoxy) is 2. The molecule has 5 rings (SSSR count). The molecule has 0 amide bonds. The minimum Gasteiger partial charge on any atom is -0.497 e. The molecule has 0 saturated heterocycles. The first-order valence-electron chi connectivity index (χ1n) is 11.2. The highest BCUT2D eigenvalue weighted by atomic mass is 19.4. The Kier molecular flexibility index (Phi) is 6.13. The van der Waals surface area contributed by atoms with E-state index in [1.807, 2.05) is 0 Å². The van der Waals surface area contributed by atoms with Crippen LogP contribution >= 0.6 is 0 Å². The van der Waals surface area contributed by atoms with E-state index in [0.717, 1.165) is 0 Å². The van der Waals surface area contributed by atoms with Crippen molar-refractivity contribution in [1.82, 2.24) is 9.97 Å². The zero-order valence-corrected chi connectivity index (χ0v) is 19.9. The first kappa shape index (κ1) is 25.3. The largest absolute Gasteiger partial charge is 0.497 e. The lowest BCUT2D eigenvalue weighted by Gasteiger charge is -2.16. The molecule has 194 valence electrons. The molecule has 0 bridgehead atoms. The van der Waals surface area contributed by atoms with Crippen molar-refractivity contribution in [1.29, 1.82) is 0 Å². The first-order valence-corrected chi connectivity index (χ1v) is 11.2. The number of benzene rings is 3. The molecule has 10 heteroatoms. The van der Waals surface area contributed by atoms with E-state index >= 15 is 0 Å².